The van der Waals surface area contributed by atoms with Crippen LogP contribution in [-0.2, 0) is 11.2 Å². The molecule has 3 fully saturated rings. The van der Waals surface area contributed by atoms with Gasteiger partial charge in [-0.2, -0.15) is 0 Å². The second-order valence-electron chi connectivity index (χ2n) is 8.79. The van der Waals surface area contributed by atoms with Crippen molar-refractivity contribution in [2.75, 3.05) is 24.6 Å². The Hall–Kier alpha value is -1.54. The van der Waals surface area contributed by atoms with Crippen molar-refractivity contribution in [3.8, 4) is 0 Å². The molecule has 3 aliphatic rings. The lowest BCUT2D eigenvalue weighted by Crippen LogP contribution is -2.38. The number of aromatic nitrogens is 5. The van der Waals surface area contributed by atoms with E-state index >= 15 is 0 Å². The molecule has 4 atom stereocenters. The lowest BCUT2D eigenvalue weighted by molar-refractivity contribution is -0.0375. The van der Waals surface area contributed by atoms with Crippen LogP contribution in [0.25, 0.3) is 0 Å². The van der Waals surface area contributed by atoms with Gasteiger partial charge in [0.2, 0.25) is 5.13 Å². The van der Waals surface area contributed by atoms with Crippen LogP contribution < -0.4 is 4.90 Å². The van der Waals surface area contributed by atoms with Crippen LogP contribution in [0.2, 0.25) is 0 Å². The maximum Gasteiger partial charge on any atom is 0.208 e. The molecule has 0 spiro atoms. The highest BCUT2D eigenvalue weighted by Crippen LogP contribution is 2.44. The van der Waals surface area contributed by atoms with Gasteiger partial charge in [-0.05, 0) is 56.3 Å². The molecule has 2 aromatic heterocycles. The van der Waals surface area contributed by atoms with Crippen LogP contribution in [0.15, 0.2) is 11.7 Å². The first-order valence-corrected chi connectivity index (χ1v) is 11.7. The summed E-state index contributed by atoms with van der Waals surface area (Å²) >= 11 is 1.64. The van der Waals surface area contributed by atoms with E-state index in [2.05, 4.69) is 43.2 Å². The third-order valence-electron chi connectivity index (χ3n) is 6.63. The molecule has 7 nitrogen and oxygen atoms in total. The highest BCUT2D eigenvalue weighted by molar-refractivity contribution is 7.13. The first-order valence-electron chi connectivity index (χ1n) is 10.8. The van der Waals surface area contributed by atoms with E-state index in [4.69, 9.17) is 4.74 Å². The van der Waals surface area contributed by atoms with Crippen molar-refractivity contribution in [1.82, 2.24) is 25.2 Å². The third kappa shape index (κ3) is 3.94. The van der Waals surface area contributed by atoms with E-state index in [0.29, 0.717) is 17.9 Å². The zero-order valence-electron chi connectivity index (χ0n) is 16.6. The van der Waals surface area contributed by atoms with Crippen molar-refractivity contribution < 1.29 is 4.74 Å². The Kier molecular flexibility index (Phi) is 5.32. The predicted molar refractivity (Wildman–Crippen MR) is 108 cm³/mol. The molecule has 2 aliphatic carbocycles. The molecule has 1 aliphatic heterocycles. The van der Waals surface area contributed by atoms with Gasteiger partial charge in [0.05, 0.1) is 17.8 Å². The minimum Gasteiger partial charge on any atom is -0.376 e. The zero-order valence-corrected chi connectivity index (χ0v) is 17.4. The number of ether oxygens (including phenoxy) is 1. The molecule has 0 unspecified atom stereocenters. The summed E-state index contributed by atoms with van der Waals surface area (Å²) in [4.78, 5) is 2.42. The van der Waals surface area contributed by atoms with Crippen molar-refractivity contribution in [2.24, 2.45) is 17.8 Å². The number of unbranched alkanes of at least 4 members (excludes halogenated alkanes) is 1. The Labute approximate surface area is 170 Å². The van der Waals surface area contributed by atoms with Gasteiger partial charge in [-0.25, -0.2) is 4.68 Å². The molecule has 2 saturated carbocycles. The molecule has 0 amide bonds. The van der Waals surface area contributed by atoms with E-state index in [1.54, 1.807) is 11.3 Å². The highest BCUT2D eigenvalue weighted by atomic mass is 32.1. The molecule has 0 bridgehead atoms. The van der Waals surface area contributed by atoms with Gasteiger partial charge < -0.3 is 9.64 Å². The van der Waals surface area contributed by atoms with E-state index in [-0.39, 0.29) is 6.10 Å². The second kappa shape index (κ2) is 8.06. The predicted octanol–water partition coefficient (Wildman–Crippen LogP) is 3.35. The van der Waals surface area contributed by atoms with Crippen molar-refractivity contribution >= 4 is 16.5 Å². The topological polar surface area (TPSA) is 69.0 Å². The molecule has 0 N–H and O–H groups in total. The normalized spacial score (nSPS) is 30.0. The van der Waals surface area contributed by atoms with Crippen LogP contribution in [-0.4, -0.2) is 51.0 Å². The third-order valence-corrected chi connectivity index (χ3v) is 7.38. The van der Waals surface area contributed by atoms with Crippen LogP contribution in [0, 0.1) is 17.8 Å². The summed E-state index contributed by atoms with van der Waals surface area (Å²) in [6, 6.07) is 0.303. The number of hydrogen-bond acceptors (Lipinski definition) is 7. The van der Waals surface area contributed by atoms with Gasteiger partial charge in [0.1, 0.15) is 5.51 Å². The molecule has 28 heavy (non-hydrogen) atoms. The average molecular weight is 403 g/mol. The monoisotopic (exact) mass is 402 g/mol. The number of aryl methyl sites for hydroxylation is 1. The van der Waals surface area contributed by atoms with Gasteiger partial charge in [0.25, 0.3) is 0 Å². The van der Waals surface area contributed by atoms with E-state index in [0.717, 1.165) is 55.7 Å². The minimum absolute atomic E-state index is 0.247. The Bertz CT molecular complexity index is 761. The maximum atomic E-state index is 6.47. The van der Waals surface area contributed by atoms with Gasteiger partial charge in [0.15, 0.2) is 0 Å². The fourth-order valence-corrected chi connectivity index (χ4v) is 5.38. The number of hydrogen-bond donors (Lipinski definition) is 0. The quantitative estimate of drug-likeness (QED) is 0.674. The molecule has 0 aromatic carbocycles. The fraction of sp³-hybridized carbons (Fsp3) is 0.800. The number of rotatable bonds is 8. The van der Waals surface area contributed by atoms with Gasteiger partial charge in [-0.15, -0.1) is 15.3 Å². The van der Waals surface area contributed by atoms with Crippen LogP contribution in [0.1, 0.15) is 57.2 Å². The number of nitrogens with zero attached hydrogens (tertiary/aromatic N) is 6. The Morgan fingerprint density at radius 3 is 2.79 bits per heavy atom. The lowest BCUT2D eigenvalue weighted by atomic mass is 9.77. The largest absolute Gasteiger partial charge is 0.376 e. The number of fused-ring (bicyclic) bond motifs is 1. The van der Waals surface area contributed by atoms with E-state index < -0.39 is 0 Å². The SMILES string of the molecule is CCCCc1cn([C@@H]2C[C@@H]3CN(c4nncs4)C[C@@H]3C[C@H]2OCC2CC2)nn1. The molecular weight excluding hydrogens is 372 g/mol. The lowest BCUT2D eigenvalue weighted by Gasteiger charge is -2.37. The summed E-state index contributed by atoms with van der Waals surface area (Å²) in [6.45, 7) is 5.28. The van der Waals surface area contributed by atoms with Gasteiger partial charge in [-0.3, -0.25) is 0 Å². The van der Waals surface area contributed by atoms with Crippen LogP contribution in [0.3, 0.4) is 0 Å². The summed E-state index contributed by atoms with van der Waals surface area (Å²) in [5, 5.41) is 18.3. The molecule has 3 heterocycles. The highest BCUT2D eigenvalue weighted by Gasteiger charge is 2.44. The summed E-state index contributed by atoms with van der Waals surface area (Å²) in [5.74, 6) is 2.13. The first-order chi connectivity index (χ1) is 13.8. The van der Waals surface area contributed by atoms with Gasteiger partial charge >= 0.3 is 0 Å². The average Bonchev–Trinajstić information content (AvgIpc) is 3.12. The van der Waals surface area contributed by atoms with Crippen molar-refractivity contribution in [1.29, 1.82) is 0 Å². The van der Waals surface area contributed by atoms with E-state index in [1.165, 1.54) is 25.7 Å². The Morgan fingerprint density at radius 1 is 1.18 bits per heavy atom. The molecular formula is C20H30N6OS. The smallest absolute Gasteiger partial charge is 0.208 e. The van der Waals surface area contributed by atoms with Crippen LogP contribution in [0.5, 0.6) is 0 Å². The Balaban J connectivity index is 1.31. The van der Waals surface area contributed by atoms with E-state index in [1.807, 2.05) is 5.51 Å². The zero-order chi connectivity index (χ0) is 18.9. The second-order valence-corrected chi connectivity index (χ2v) is 9.61. The fourth-order valence-electron chi connectivity index (χ4n) is 4.80. The molecule has 2 aromatic rings. The minimum atomic E-state index is 0.247. The van der Waals surface area contributed by atoms with Crippen LogP contribution >= 0.6 is 11.3 Å². The summed E-state index contributed by atoms with van der Waals surface area (Å²) in [5.41, 5.74) is 2.95. The van der Waals surface area contributed by atoms with E-state index in [9.17, 15) is 0 Å². The van der Waals surface area contributed by atoms with Crippen molar-refractivity contribution in [3.05, 3.63) is 17.4 Å². The summed E-state index contributed by atoms with van der Waals surface area (Å²) in [6.07, 6.45) is 10.7. The standard InChI is InChI=1S/C20H30N6OS/c1-2-3-4-17-11-26(24-22-17)18-7-15-9-25(20-23-21-13-28-20)10-16(15)8-19(18)27-12-14-5-6-14/h11,13-16,18-19H,2-10,12H2,1H3/t15-,16+,18-,19-/m1/s1. The molecule has 0 radical (unpaired) electrons. The summed E-state index contributed by atoms with van der Waals surface area (Å²) in [7, 11) is 0. The summed E-state index contributed by atoms with van der Waals surface area (Å²) < 4.78 is 8.58. The molecule has 152 valence electrons. The Morgan fingerprint density at radius 2 is 2.04 bits per heavy atom. The number of anilines is 1. The maximum absolute atomic E-state index is 6.47. The molecule has 1 saturated heterocycles. The van der Waals surface area contributed by atoms with Crippen molar-refractivity contribution in [2.45, 2.75) is 64.0 Å². The first kappa shape index (κ1) is 18.5. The van der Waals surface area contributed by atoms with Crippen molar-refractivity contribution in [3.63, 3.8) is 0 Å². The molecule has 8 heteroatoms. The van der Waals surface area contributed by atoms with Gasteiger partial charge in [-0.1, -0.05) is 29.9 Å². The van der Waals surface area contributed by atoms with Gasteiger partial charge in [0, 0.05) is 25.9 Å². The molecule has 5 rings (SSSR count). The van der Waals surface area contributed by atoms with Crippen LogP contribution in [0.4, 0.5) is 5.13 Å².